The second kappa shape index (κ2) is 6.15. The van der Waals surface area contributed by atoms with Crippen molar-refractivity contribution in [3.05, 3.63) is 22.8 Å². The Morgan fingerprint density at radius 3 is 2.56 bits per heavy atom. The summed E-state index contributed by atoms with van der Waals surface area (Å²) in [4.78, 5) is 24.1. The van der Waals surface area contributed by atoms with Gasteiger partial charge in [-0.2, -0.15) is 0 Å². The molecule has 0 aromatic carbocycles. The molecule has 7 heteroatoms. The molecule has 27 heavy (non-hydrogen) atoms. The van der Waals surface area contributed by atoms with Crippen molar-refractivity contribution in [3.8, 4) is 0 Å². The van der Waals surface area contributed by atoms with Gasteiger partial charge in [-0.15, -0.1) is 0 Å². The number of allylic oxidation sites excluding steroid dienone is 1. The Bertz CT molecular complexity index is 749. The highest BCUT2D eigenvalue weighted by molar-refractivity contribution is 5.92. The predicted octanol–water partition coefficient (Wildman–Crippen LogP) is 1.36. The van der Waals surface area contributed by atoms with Crippen molar-refractivity contribution in [3.63, 3.8) is 0 Å². The van der Waals surface area contributed by atoms with E-state index >= 15 is 0 Å². The maximum Gasteiger partial charge on any atom is 0.336 e. The molecular formula is C20H28O7. The number of fused-ring (bicyclic) bond motifs is 2. The quantitative estimate of drug-likeness (QED) is 0.490. The second-order valence-electron chi connectivity index (χ2n) is 8.63. The van der Waals surface area contributed by atoms with Gasteiger partial charge >= 0.3 is 11.9 Å². The van der Waals surface area contributed by atoms with Gasteiger partial charge in [0.05, 0.1) is 11.7 Å². The Morgan fingerprint density at radius 1 is 1.33 bits per heavy atom. The molecule has 2 saturated carbocycles. The molecule has 0 aromatic rings. The molecule has 0 spiro atoms. The zero-order chi connectivity index (χ0) is 20.4. The first-order valence-corrected chi connectivity index (χ1v) is 9.28. The van der Waals surface area contributed by atoms with Crippen molar-refractivity contribution >= 4 is 11.9 Å². The lowest BCUT2D eigenvalue weighted by Crippen LogP contribution is -2.70. The fraction of sp³-hybridized carbons (Fsp3) is 0.700. The summed E-state index contributed by atoms with van der Waals surface area (Å²) in [5.74, 6) is -3.57. The maximum atomic E-state index is 12.1. The van der Waals surface area contributed by atoms with Crippen LogP contribution in [0, 0.1) is 11.3 Å². The topological polar surface area (TPSA) is 113 Å². The van der Waals surface area contributed by atoms with Crippen LogP contribution in [-0.4, -0.2) is 50.9 Å². The summed E-state index contributed by atoms with van der Waals surface area (Å²) in [6.07, 6.45) is -0.0490. The lowest BCUT2D eigenvalue weighted by atomic mass is 9.49. The molecule has 1 heterocycles. The number of aliphatic hydroxyl groups excluding tert-OH is 1. The first-order valence-electron chi connectivity index (χ1n) is 9.28. The molecular weight excluding hydrogens is 352 g/mol. The van der Waals surface area contributed by atoms with Gasteiger partial charge in [0.25, 0.3) is 0 Å². The Balaban J connectivity index is 1.98. The van der Waals surface area contributed by atoms with E-state index in [1.807, 2.05) is 6.92 Å². The largest absolute Gasteiger partial charge is 0.459 e. The van der Waals surface area contributed by atoms with Gasteiger partial charge in [-0.3, -0.25) is 0 Å². The SMILES string of the molecule is CC(C)=CC(=O)OC1CCC2(O)CC3(O)OC(=O)C(C)=C3C(O)C2(C)C1C. The number of carbonyl (C=O) groups is 2. The number of hydrogen-bond donors (Lipinski definition) is 3. The monoisotopic (exact) mass is 380 g/mol. The molecule has 150 valence electrons. The molecule has 0 aromatic heterocycles. The molecule has 2 aliphatic carbocycles. The molecule has 3 aliphatic rings. The van der Waals surface area contributed by atoms with Crippen LogP contribution in [-0.2, 0) is 19.1 Å². The van der Waals surface area contributed by atoms with Crippen LogP contribution in [0.25, 0.3) is 0 Å². The summed E-state index contributed by atoms with van der Waals surface area (Å²) in [6.45, 7) is 8.61. The predicted molar refractivity (Wildman–Crippen MR) is 95.1 cm³/mol. The Morgan fingerprint density at radius 2 is 1.96 bits per heavy atom. The molecule has 3 N–H and O–H groups in total. The third kappa shape index (κ3) is 2.75. The molecule has 2 fully saturated rings. The Kier molecular flexibility index (Phi) is 4.57. The smallest absolute Gasteiger partial charge is 0.336 e. The van der Waals surface area contributed by atoms with Crippen molar-refractivity contribution in [1.29, 1.82) is 0 Å². The summed E-state index contributed by atoms with van der Waals surface area (Å²) < 4.78 is 10.7. The fourth-order valence-corrected chi connectivity index (χ4v) is 5.01. The van der Waals surface area contributed by atoms with Crippen LogP contribution in [0.3, 0.4) is 0 Å². The van der Waals surface area contributed by atoms with Gasteiger partial charge in [-0.05, 0) is 33.6 Å². The Labute approximate surface area is 158 Å². The van der Waals surface area contributed by atoms with Crippen LogP contribution in [0.15, 0.2) is 22.8 Å². The van der Waals surface area contributed by atoms with E-state index in [-0.39, 0.29) is 24.0 Å². The van der Waals surface area contributed by atoms with Gasteiger partial charge in [0.15, 0.2) is 0 Å². The molecule has 6 unspecified atom stereocenters. The number of ether oxygens (including phenoxy) is 2. The van der Waals surface area contributed by atoms with Gasteiger partial charge in [0, 0.05) is 35.0 Å². The minimum absolute atomic E-state index is 0.0998. The number of rotatable bonds is 2. The van der Waals surface area contributed by atoms with Crippen LogP contribution < -0.4 is 0 Å². The van der Waals surface area contributed by atoms with Gasteiger partial charge in [-0.1, -0.05) is 19.4 Å². The van der Waals surface area contributed by atoms with E-state index in [1.165, 1.54) is 13.0 Å². The van der Waals surface area contributed by atoms with E-state index in [1.54, 1.807) is 20.8 Å². The molecule has 0 saturated heterocycles. The van der Waals surface area contributed by atoms with E-state index in [2.05, 4.69) is 0 Å². The average Bonchev–Trinajstić information content (AvgIpc) is 2.75. The molecule has 6 atom stereocenters. The summed E-state index contributed by atoms with van der Waals surface area (Å²) in [6, 6.07) is 0. The molecule has 3 rings (SSSR count). The van der Waals surface area contributed by atoms with E-state index < -0.39 is 46.9 Å². The van der Waals surface area contributed by atoms with Crippen molar-refractivity contribution in [2.45, 2.75) is 77.5 Å². The van der Waals surface area contributed by atoms with Gasteiger partial charge in [-0.25, -0.2) is 9.59 Å². The minimum Gasteiger partial charge on any atom is -0.459 e. The highest BCUT2D eigenvalue weighted by Crippen LogP contribution is 2.61. The second-order valence-corrected chi connectivity index (χ2v) is 8.63. The first kappa shape index (κ1) is 20.0. The van der Waals surface area contributed by atoms with E-state index in [4.69, 9.17) is 9.47 Å². The standard InChI is InChI=1S/C20H28O7/c1-10(2)8-14(21)26-13-6-7-19(24)9-20(25)15(11(3)17(23)27-20)16(22)18(19,5)12(13)4/h8,12-13,16,22,24-25H,6-7,9H2,1-5H3. The van der Waals surface area contributed by atoms with Crippen LogP contribution in [0.2, 0.25) is 0 Å². The number of carbonyl (C=O) groups excluding carboxylic acids is 2. The Hall–Kier alpha value is -1.70. The molecule has 1 aliphatic heterocycles. The normalized spacial score (nSPS) is 43.6. The van der Waals surface area contributed by atoms with Crippen LogP contribution >= 0.6 is 0 Å². The van der Waals surface area contributed by atoms with Crippen molar-refractivity contribution < 1.29 is 34.4 Å². The molecule has 7 nitrogen and oxygen atoms in total. The third-order valence-electron chi connectivity index (χ3n) is 6.79. The van der Waals surface area contributed by atoms with Gasteiger partial charge in [0.1, 0.15) is 6.10 Å². The molecule has 0 radical (unpaired) electrons. The van der Waals surface area contributed by atoms with Gasteiger partial charge < -0.3 is 24.8 Å². The lowest BCUT2D eigenvalue weighted by molar-refractivity contribution is -0.283. The van der Waals surface area contributed by atoms with E-state index in [0.717, 1.165) is 5.57 Å². The summed E-state index contributed by atoms with van der Waals surface area (Å²) in [5.41, 5.74) is -1.53. The molecule has 0 amide bonds. The van der Waals surface area contributed by atoms with Crippen molar-refractivity contribution in [1.82, 2.24) is 0 Å². The van der Waals surface area contributed by atoms with Crippen molar-refractivity contribution in [2.75, 3.05) is 0 Å². The molecule has 0 bridgehead atoms. The number of aliphatic hydroxyl groups is 3. The summed E-state index contributed by atoms with van der Waals surface area (Å²) >= 11 is 0. The first-order chi connectivity index (χ1) is 12.4. The summed E-state index contributed by atoms with van der Waals surface area (Å²) in [7, 11) is 0. The maximum absolute atomic E-state index is 12.1. The highest BCUT2D eigenvalue weighted by Gasteiger charge is 2.70. The fourth-order valence-electron chi connectivity index (χ4n) is 5.01. The van der Waals surface area contributed by atoms with E-state index in [0.29, 0.717) is 6.42 Å². The highest BCUT2D eigenvalue weighted by atomic mass is 16.7. The summed E-state index contributed by atoms with van der Waals surface area (Å²) in [5, 5.41) is 33.4. The van der Waals surface area contributed by atoms with Gasteiger partial charge in [0.2, 0.25) is 5.79 Å². The number of esters is 2. The minimum atomic E-state index is -2.00. The van der Waals surface area contributed by atoms with E-state index in [9.17, 15) is 24.9 Å². The van der Waals surface area contributed by atoms with Crippen LogP contribution in [0.1, 0.15) is 53.9 Å². The van der Waals surface area contributed by atoms with Crippen LogP contribution in [0.5, 0.6) is 0 Å². The average molecular weight is 380 g/mol. The van der Waals surface area contributed by atoms with Crippen molar-refractivity contribution in [2.24, 2.45) is 11.3 Å². The third-order valence-corrected chi connectivity index (χ3v) is 6.79. The number of hydrogen-bond acceptors (Lipinski definition) is 7. The van der Waals surface area contributed by atoms with Crippen LogP contribution in [0.4, 0.5) is 0 Å². The zero-order valence-electron chi connectivity index (χ0n) is 16.4. The lowest BCUT2D eigenvalue weighted by Gasteiger charge is -2.61. The zero-order valence-corrected chi connectivity index (χ0v) is 16.4.